The van der Waals surface area contributed by atoms with Gasteiger partial charge in [0.15, 0.2) is 0 Å². The molecule has 0 heterocycles. The lowest BCUT2D eigenvalue weighted by Crippen LogP contribution is -2.06. The van der Waals surface area contributed by atoms with Crippen LogP contribution in [0, 0.1) is 18.7 Å². The number of hydrogen-bond acceptors (Lipinski definition) is 1. The monoisotopic (exact) mass is 261 g/mol. The summed E-state index contributed by atoms with van der Waals surface area (Å²) < 4.78 is 13.3. The Morgan fingerprint density at radius 1 is 1.47 bits per heavy atom. The highest BCUT2D eigenvalue weighted by molar-refractivity contribution is 5.81. The van der Waals surface area contributed by atoms with Crippen LogP contribution in [0.4, 0.5) is 4.39 Å². The summed E-state index contributed by atoms with van der Waals surface area (Å²) >= 11 is 0. The van der Waals surface area contributed by atoms with Gasteiger partial charge in [-0.15, -0.1) is 0 Å². The third-order valence-corrected chi connectivity index (χ3v) is 4.70. The summed E-state index contributed by atoms with van der Waals surface area (Å²) in [7, 11) is 1.86. The van der Waals surface area contributed by atoms with Crippen molar-refractivity contribution >= 4 is 5.71 Å². The van der Waals surface area contributed by atoms with Crippen LogP contribution >= 0.6 is 0 Å². The van der Waals surface area contributed by atoms with Crippen molar-refractivity contribution in [3.63, 3.8) is 0 Å². The molecule has 0 aliphatic heterocycles. The van der Waals surface area contributed by atoms with Gasteiger partial charge in [-0.1, -0.05) is 19.1 Å². The highest BCUT2D eigenvalue weighted by Crippen LogP contribution is 2.56. The summed E-state index contributed by atoms with van der Waals surface area (Å²) in [6.45, 7) is 6.25. The Morgan fingerprint density at radius 3 is 2.84 bits per heavy atom. The molecule has 0 bridgehead atoms. The molecule has 104 valence electrons. The molecule has 1 saturated carbocycles. The van der Waals surface area contributed by atoms with Gasteiger partial charge in [0.05, 0.1) is 0 Å². The largest absolute Gasteiger partial charge is 0.298 e. The van der Waals surface area contributed by atoms with Crippen LogP contribution in [0.25, 0.3) is 0 Å². The second-order valence-electron chi connectivity index (χ2n) is 6.13. The molecule has 1 aliphatic carbocycles. The maximum absolute atomic E-state index is 13.3. The number of benzene rings is 1. The van der Waals surface area contributed by atoms with Crippen LogP contribution in [-0.2, 0) is 5.41 Å². The molecule has 1 aliphatic rings. The Bertz CT molecular complexity index is 492. The van der Waals surface area contributed by atoms with Crippen molar-refractivity contribution in [1.82, 2.24) is 0 Å². The third-order valence-electron chi connectivity index (χ3n) is 4.70. The van der Waals surface area contributed by atoms with E-state index in [1.807, 2.05) is 26.1 Å². The lowest BCUT2D eigenvalue weighted by Gasteiger charge is -2.13. The molecule has 0 saturated heterocycles. The zero-order chi connectivity index (χ0) is 14.0. The number of rotatable bonds is 5. The fourth-order valence-electron chi connectivity index (χ4n) is 2.94. The van der Waals surface area contributed by atoms with Gasteiger partial charge >= 0.3 is 0 Å². The highest BCUT2D eigenvalue weighted by Gasteiger charge is 2.50. The molecule has 1 fully saturated rings. The molecule has 2 heteroatoms. The van der Waals surface area contributed by atoms with Crippen molar-refractivity contribution in [3.8, 4) is 0 Å². The quantitative estimate of drug-likeness (QED) is 0.683. The molecule has 0 spiro atoms. The normalized spacial score (nSPS) is 26.6. The SMILES string of the molecule is CN=C(C)CCCC1CC1(C)c1ccc(F)c(C)c1. The van der Waals surface area contributed by atoms with E-state index >= 15 is 0 Å². The lowest BCUT2D eigenvalue weighted by molar-refractivity contribution is 0.586. The molecular weight excluding hydrogens is 237 g/mol. The van der Waals surface area contributed by atoms with Crippen molar-refractivity contribution < 1.29 is 4.39 Å². The minimum Gasteiger partial charge on any atom is -0.298 e. The predicted molar refractivity (Wildman–Crippen MR) is 79.5 cm³/mol. The van der Waals surface area contributed by atoms with E-state index in [0.717, 1.165) is 17.9 Å². The van der Waals surface area contributed by atoms with Crippen LogP contribution in [0.15, 0.2) is 23.2 Å². The minimum atomic E-state index is -0.0978. The molecule has 2 atom stereocenters. The highest BCUT2D eigenvalue weighted by atomic mass is 19.1. The van der Waals surface area contributed by atoms with Crippen LogP contribution in [-0.4, -0.2) is 12.8 Å². The van der Waals surface area contributed by atoms with Gasteiger partial charge in [0.1, 0.15) is 5.82 Å². The second-order valence-corrected chi connectivity index (χ2v) is 6.13. The first kappa shape index (κ1) is 14.2. The summed E-state index contributed by atoms with van der Waals surface area (Å²) in [5.41, 5.74) is 3.58. The molecule has 2 unspecified atom stereocenters. The van der Waals surface area contributed by atoms with E-state index in [-0.39, 0.29) is 11.2 Å². The fraction of sp³-hybridized carbons (Fsp3) is 0.588. The zero-order valence-electron chi connectivity index (χ0n) is 12.5. The van der Waals surface area contributed by atoms with E-state index in [0.29, 0.717) is 0 Å². The first-order valence-corrected chi connectivity index (χ1v) is 7.16. The number of aryl methyl sites for hydroxylation is 1. The summed E-state index contributed by atoms with van der Waals surface area (Å²) in [5, 5.41) is 0. The molecule has 0 aromatic heterocycles. The van der Waals surface area contributed by atoms with Gasteiger partial charge in [0.2, 0.25) is 0 Å². The summed E-state index contributed by atoms with van der Waals surface area (Å²) in [6.07, 6.45) is 4.80. The number of nitrogens with zero attached hydrogens (tertiary/aromatic N) is 1. The number of halogens is 1. The van der Waals surface area contributed by atoms with Crippen LogP contribution < -0.4 is 0 Å². The topological polar surface area (TPSA) is 12.4 Å². The van der Waals surface area contributed by atoms with E-state index in [2.05, 4.69) is 18.8 Å². The molecule has 0 radical (unpaired) electrons. The van der Waals surface area contributed by atoms with E-state index in [4.69, 9.17) is 0 Å². The van der Waals surface area contributed by atoms with Crippen molar-refractivity contribution in [3.05, 3.63) is 35.1 Å². The molecule has 0 N–H and O–H groups in total. The maximum Gasteiger partial charge on any atom is 0.126 e. The van der Waals surface area contributed by atoms with Crippen LogP contribution in [0.5, 0.6) is 0 Å². The maximum atomic E-state index is 13.3. The van der Waals surface area contributed by atoms with Crippen molar-refractivity contribution in [2.75, 3.05) is 7.05 Å². The first-order chi connectivity index (χ1) is 8.97. The van der Waals surface area contributed by atoms with Gasteiger partial charge < -0.3 is 0 Å². The van der Waals surface area contributed by atoms with Crippen molar-refractivity contribution in [2.24, 2.45) is 10.9 Å². The molecule has 19 heavy (non-hydrogen) atoms. The second kappa shape index (κ2) is 5.44. The first-order valence-electron chi connectivity index (χ1n) is 7.16. The van der Waals surface area contributed by atoms with Crippen molar-refractivity contribution in [1.29, 1.82) is 0 Å². The van der Waals surface area contributed by atoms with Gasteiger partial charge in [-0.2, -0.15) is 0 Å². The fourth-order valence-corrected chi connectivity index (χ4v) is 2.94. The Balaban J connectivity index is 1.93. The average molecular weight is 261 g/mol. The van der Waals surface area contributed by atoms with Crippen LogP contribution in [0.3, 0.4) is 0 Å². The standard InChI is InChI=1S/C17H24FN/c1-12-10-14(8-9-16(12)18)17(3)11-15(17)7-5-6-13(2)19-4/h8-10,15H,5-7,11H2,1-4H3. The van der Waals surface area contributed by atoms with Crippen molar-refractivity contribution in [2.45, 2.75) is 51.9 Å². The minimum absolute atomic E-state index is 0.0978. The van der Waals surface area contributed by atoms with E-state index in [9.17, 15) is 4.39 Å². The molecule has 1 aromatic rings. The average Bonchev–Trinajstić information content (AvgIpc) is 3.05. The van der Waals surface area contributed by atoms with E-state index in [1.54, 1.807) is 6.07 Å². The third kappa shape index (κ3) is 3.05. The molecule has 1 aromatic carbocycles. The summed E-state index contributed by atoms with van der Waals surface area (Å²) in [4.78, 5) is 4.20. The molecule has 0 amide bonds. The number of aliphatic imine (C=N–C) groups is 1. The van der Waals surface area contributed by atoms with Crippen LogP contribution in [0.1, 0.15) is 50.7 Å². The number of hydrogen-bond donors (Lipinski definition) is 0. The van der Waals surface area contributed by atoms with Gasteiger partial charge in [-0.25, -0.2) is 4.39 Å². The Morgan fingerprint density at radius 2 is 2.21 bits per heavy atom. The van der Waals surface area contributed by atoms with Gasteiger partial charge in [-0.05, 0) is 68.1 Å². The van der Waals surface area contributed by atoms with E-state index in [1.165, 1.54) is 30.5 Å². The molecule has 2 rings (SSSR count). The van der Waals surface area contributed by atoms with Gasteiger partial charge in [0.25, 0.3) is 0 Å². The summed E-state index contributed by atoms with van der Waals surface area (Å²) in [6, 6.07) is 5.59. The Kier molecular flexibility index (Phi) is 4.07. The van der Waals surface area contributed by atoms with Crippen LogP contribution in [0.2, 0.25) is 0 Å². The Hall–Kier alpha value is -1.18. The molecule has 1 nitrogen and oxygen atoms in total. The molecular formula is C17H24FN. The summed E-state index contributed by atoms with van der Waals surface area (Å²) in [5.74, 6) is 0.654. The predicted octanol–water partition coefficient (Wildman–Crippen LogP) is 4.67. The van der Waals surface area contributed by atoms with Gasteiger partial charge in [0, 0.05) is 12.8 Å². The zero-order valence-corrected chi connectivity index (χ0v) is 12.5. The van der Waals surface area contributed by atoms with Gasteiger partial charge in [-0.3, -0.25) is 4.99 Å². The van der Waals surface area contributed by atoms with E-state index < -0.39 is 0 Å². The smallest absolute Gasteiger partial charge is 0.126 e. The Labute approximate surface area is 116 Å². The lowest BCUT2D eigenvalue weighted by atomic mass is 9.92.